The smallest absolute Gasteiger partial charge is 0.304 e. The molecule has 0 N–H and O–H groups in total. The van der Waals surface area contributed by atoms with E-state index in [1.54, 1.807) is 22.6 Å². The number of benzene rings is 1. The Morgan fingerprint density at radius 3 is 2.33 bits per heavy atom. The molecule has 0 aliphatic carbocycles. The van der Waals surface area contributed by atoms with Crippen molar-refractivity contribution in [1.82, 2.24) is 0 Å². The van der Waals surface area contributed by atoms with Crippen molar-refractivity contribution in [1.29, 1.82) is 0 Å². The summed E-state index contributed by atoms with van der Waals surface area (Å²) in [5.74, 6) is -0.603. The fraction of sp³-hybridized carbons (Fsp3) is 0.273. The predicted molar refractivity (Wildman–Crippen MR) is 66.1 cm³/mol. The average Bonchev–Trinajstić information content (AvgIpc) is 2.56. The molecule has 1 saturated heterocycles. The molecule has 3 nitrogen and oxygen atoms in total. The second kappa shape index (κ2) is 4.52. The van der Waals surface area contributed by atoms with Gasteiger partial charge in [0.2, 0.25) is 5.91 Å². The normalized spacial score (nSPS) is 16.6. The average molecular weight is 369 g/mol. The van der Waals surface area contributed by atoms with Gasteiger partial charge in [0.25, 0.3) is 0 Å². The van der Waals surface area contributed by atoms with E-state index in [1.807, 2.05) is 0 Å². The molecule has 0 atom stereocenters. The van der Waals surface area contributed by atoms with E-state index in [9.17, 15) is 22.8 Å². The number of alkyl halides is 3. The van der Waals surface area contributed by atoms with Gasteiger partial charge in [0.1, 0.15) is 0 Å². The van der Waals surface area contributed by atoms with Gasteiger partial charge in [-0.2, -0.15) is 13.2 Å². The van der Waals surface area contributed by atoms with Crippen molar-refractivity contribution in [3.8, 4) is 0 Å². The Hall–Kier alpha value is -1.12. The minimum Gasteiger partial charge on any atom is -0.304 e. The highest BCUT2D eigenvalue weighted by Crippen LogP contribution is 2.34. The molecule has 96 valence electrons. The molecule has 7 heteroatoms. The zero-order valence-corrected chi connectivity index (χ0v) is 11.1. The van der Waals surface area contributed by atoms with Crippen molar-refractivity contribution >= 4 is 40.0 Å². The van der Waals surface area contributed by atoms with E-state index in [1.165, 1.54) is 11.0 Å². The Labute approximate surface area is 114 Å². The van der Waals surface area contributed by atoms with E-state index in [2.05, 4.69) is 0 Å². The van der Waals surface area contributed by atoms with Crippen LogP contribution in [-0.2, 0) is 15.8 Å². The number of Topliss-reactive ketones (excluding diaryl/α,β-unsaturated/α-hetero) is 1. The quantitative estimate of drug-likeness (QED) is 0.564. The number of halogens is 4. The monoisotopic (exact) mass is 369 g/mol. The van der Waals surface area contributed by atoms with Gasteiger partial charge in [-0.15, -0.1) is 0 Å². The van der Waals surface area contributed by atoms with Crippen LogP contribution in [0.3, 0.4) is 0 Å². The zero-order chi connectivity index (χ0) is 13.5. The van der Waals surface area contributed by atoms with Crippen molar-refractivity contribution in [3.05, 3.63) is 27.3 Å². The zero-order valence-electron chi connectivity index (χ0n) is 8.92. The highest BCUT2D eigenvalue weighted by Gasteiger charge is 2.33. The number of rotatable bonds is 1. The number of ketones is 1. The van der Waals surface area contributed by atoms with E-state index >= 15 is 0 Å². The first kappa shape index (κ1) is 13.3. The summed E-state index contributed by atoms with van der Waals surface area (Å²) in [5, 5.41) is 0. The number of nitrogens with zero attached hydrogens (tertiary/aromatic N) is 1. The Morgan fingerprint density at radius 1 is 1.22 bits per heavy atom. The molecule has 0 unspecified atom stereocenters. The maximum atomic E-state index is 12.5. The van der Waals surface area contributed by atoms with Gasteiger partial charge in [0.15, 0.2) is 5.78 Å². The van der Waals surface area contributed by atoms with Crippen LogP contribution in [0, 0.1) is 3.57 Å². The van der Waals surface area contributed by atoms with Crippen LogP contribution in [0.15, 0.2) is 18.2 Å². The lowest BCUT2D eigenvalue weighted by Gasteiger charge is -2.17. The Bertz CT molecular complexity index is 528. The minimum atomic E-state index is -4.41. The van der Waals surface area contributed by atoms with Crippen LogP contribution in [0.5, 0.6) is 0 Å². The summed E-state index contributed by atoms with van der Waals surface area (Å²) in [6.45, 7) is -0.0692. The van der Waals surface area contributed by atoms with Crippen LogP contribution in [0.2, 0.25) is 0 Å². The van der Waals surface area contributed by atoms with Gasteiger partial charge in [0, 0.05) is 3.57 Å². The summed E-state index contributed by atoms with van der Waals surface area (Å²) in [5.41, 5.74) is -0.423. The van der Waals surface area contributed by atoms with Crippen molar-refractivity contribution in [2.75, 3.05) is 11.4 Å². The molecular formula is C11H7F3INO2. The summed E-state index contributed by atoms with van der Waals surface area (Å²) in [7, 11) is 0. The molecule has 0 spiro atoms. The summed E-state index contributed by atoms with van der Waals surface area (Å²) in [4.78, 5) is 23.8. The van der Waals surface area contributed by atoms with E-state index in [-0.39, 0.29) is 24.7 Å². The van der Waals surface area contributed by atoms with Crippen molar-refractivity contribution in [3.63, 3.8) is 0 Å². The Kier molecular flexibility index (Phi) is 3.35. The fourth-order valence-corrected chi connectivity index (χ4v) is 2.51. The minimum absolute atomic E-state index is 0.0692. The second-order valence-corrected chi connectivity index (χ2v) is 5.02. The first-order chi connectivity index (χ1) is 8.29. The molecule has 1 aromatic carbocycles. The molecule has 2 rings (SSSR count). The van der Waals surface area contributed by atoms with E-state index in [4.69, 9.17) is 0 Å². The van der Waals surface area contributed by atoms with E-state index < -0.39 is 11.7 Å². The topological polar surface area (TPSA) is 37.4 Å². The molecule has 18 heavy (non-hydrogen) atoms. The number of amides is 1. The standard InChI is InChI=1S/C11H7F3INO2/c12-11(13,14)6-1-2-9(8(15)3-6)16-5-7(17)4-10(16)18/h1-3H,4-5H2. The highest BCUT2D eigenvalue weighted by molar-refractivity contribution is 14.1. The summed E-state index contributed by atoms with van der Waals surface area (Å²) in [6.07, 6.45) is -4.60. The van der Waals surface area contributed by atoms with Gasteiger partial charge in [0.05, 0.1) is 24.2 Å². The predicted octanol–water partition coefficient (Wildman–Crippen LogP) is 2.62. The third-order valence-electron chi connectivity index (χ3n) is 2.55. The van der Waals surface area contributed by atoms with E-state index in [0.29, 0.717) is 9.26 Å². The second-order valence-electron chi connectivity index (χ2n) is 3.86. The molecule has 1 aromatic rings. The highest BCUT2D eigenvalue weighted by atomic mass is 127. The van der Waals surface area contributed by atoms with Gasteiger partial charge in [-0.25, -0.2) is 0 Å². The van der Waals surface area contributed by atoms with E-state index in [0.717, 1.165) is 12.1 Å². The maximum Gasteiger partial charge on any atom is 0.416 e. The van der Waals surface area contributed by atoms with Crippen molar-refractivity contribution in [2.24, 2.45) is 0 Å². The van der Waals surface area contributed by atoms with Gasteiger partial charge in [-0.05, 0) is 40.8 Å². The lowest BCUT2D eigenvalue weighted by Crippen LogP contribution is -2.25. The van der Waals surface area contributed by atoms with Crippen LogP contribution < -0.4 is 4.90 Å². The van der Waals surface area contributed by atoms with Gasteiger partial charge >= 0.3 is 6.18 Å². The van der Waals surface area contributed by atoms with Crippen LogP contribution in [0.1, 0.15) is 12.0 Å². The number of hydrogen-bond donors (Lipinski definition) is 0. The molecule has 1 amide bonds. The summed E-state index contributed by atoms with van der Waals surface area (Å²) >= 11 is 1.73. The lowest BCUT2D eigenvalue weighted by molar-refractivity contribution is -0.137. The number of carbonyl (C=O) groups excluding carboxylic acids is 2. The van der Waals surface area contributed by atoms with Crippen LogP contribution >= 0.6 is 22.6 Å². The van der Waals surface area contributed by atoms with Crippen molar-refractivity contribution in [2.45, 2.75) is 12.6 Å². The third kappa shape index (κ3) is 2.50. The van der Waals surface area contributed by atoms with Crippen LogP contribution in [-0.4, -0.2) is 18.2 Å². The molecule has 0 radical (unpaired) electrons. The molecule has 1 fully saturated rings. The third-order valence-corrected chi connectivity index (χ3v) is 3.41. The maximum absolute atomic E-state index is 12.5. The van der Waals surface area contributed by atoms with Crippen LogP contribution in [0.4, 0.5) is 18.9 Å². The first-order valence-electron chi connectivity index (χ1n) is 4.98. The fourth-order valence-electron chi connectivity index (χ4n) is 1.71. The molecular weight excluding hydrogens is 362 g/mol. The molecule has 1 aliphatic rings. The SMILES string of the molecule is O=C1CC(=O)N(c2ccc(C(F)(F)F)cc2I)C1. The summed E-state index contributed by atoms with van der Waals surface area (Å²) < 4.78 is 37.7. The van der Waals surface area contributed by atoms with Gasteiger partial charge in [-0.1, -0.05) is 0 Å². The molecule has 1 heterocycles. The van der Waals surface area contributed by atoms with Gasteiger partial charge in [-0.3, -0.25) is 9.59 Å². The Balaban J connectivity index is 2.37. The largest absolute Gasteiger partial charge is 0.416 e. The van der Waals surface area contributed by atoms with Gasteiger partial charge < -0.3 is 4.90 Å². The first-order valence-corrected chi connectivity index (χ1v) is 6.06. The van der Waals surface area contributed by atoms with Crippen molar-refractivity contribution < 1.29 is 22.8 Å². The number of carbonyl (C=O) groups is 2. The molecule has 0 bridgehead atoms. The molecule has 0 aromatic heterocycles. The number of hydrogen-bond acceptors (Lipinski definition) is 2. The van der Waals surface area contributed by atoms with Crippen LogP contribution in [0.25, 0.3) is 0 Å². The Morgan fingerprint density at radius 2 is 1.89 bits per heavy atom. The molecule has 1 aliphatic heterocycles. The lowest BCUT2D eigenvalue weighted by atomic mass is 10.2. The summed E-state index contributed by atoms with van der Waals surface area (Å²) in [6, 6.07) is 3.10. The number of anilines is 1. The molecule has 0 saturated carbocycles.